The van der Waals surface area contributed by atoms with E-state index in [1.54, 1.807) is 19.2 Å². The zero-order chi connectivity index (χ0) is 19.8. The molecule has 142 valence electrons. The van der Waals surface area contributed by atoms with Crippen LogP contribution in [0.3, 0.4) is 0 Å². The van der Waals surface area contributed by atoms with Gasteiger partial charge in [-0.05, 0) is 42.8 Å². The molecule has 2 aromatic rings. The molecule has 0 spiro atoms. The number of benzene rings is 2. The van der Waals surface area contributed by atoms with Gasteiger partial charge in [0.15, 0.2) is 6.61 Å². The van der Waals surface area contributed by atoms with Crippen molar-refractivity contribution in [1.29, 1.82) is 0 Å². The Balaban J connectivity index is 1.89. The van der Waals surface area contributed by atoms with Crippen molar-refractivity contribution in [2.75, 3.05) is 20.8 Å². The number of hydrogen-bond acceptors (Lipinski definition) is 6. The number of hydrogen-bond donors (Lipinski definition) is 1. The van der Waals surface area contributed by atoms with E-state index in [0.717, 1.165) is 11.3 Å². The summed E-state index contributed by atoms with van der Waals surface area (Å²) in [6.45, 7) is 1.39. The molecule has 1 N–H and O–H groups in total. The van der Waals surface area contributed by atoms with Crippen molar-refractivity contribution in [3.8, 4) is 5.75 Å². The zero-order valence-corrected chi connectivity index (χ0v) is 15.4. The second kappa shape index (κ2) is 9.38. The average Bonchev–Trinajstić information content (AvgIpc) is 2.71. The molecule has 1 atom stereocenters. The predicted octanol–water partition coefficient (Wildman–Crippen LogP) is 2.52. The first-order valence-corrected chi connectivity index (χ1v) is 8.23. The average molecular weight is 371 g/mol. The number of nitrogens with one attached hydrogen (secondary N) is 1. The molecule has 2 rings (SSSR count). The molecule has 0 fully saturated rings. The van der Waals surface area contributed by atoms with Crippen LogP contribution in [0.25, 0.3) is 0 Å². The van der Waals surface area contributed by atoms with Crippen molar-refractivity contribution in [2.45, 2.75) is 13.0 Å². The molecular formula is C20H21NO6. The van der Waals surface area contributed by atoms with E-state index >= 15 is 0 Å². The minimum Gasteiger partial charge on any atom is -0.497 e. The van der Waals surface area contributed by atoms with Gasteiger partial charge in [0.05, 0.1) is 31.4 Å². The summed E-state index contributed by atoms with van der Waals surface area (Å²) in [5.74, 6) is -0.972. The van der Waals surface area contributed by atoms with Gasteiger partial charge in [0, 0.05) is 0 Å². The van der Waals surface area contributed by atoms with Crippen molar-refractivity contribution in [3.63, 3.8) is 0 Å². The topological polar surface area (TPSA) is 90.9 Å². The maximum Gasteiger partial charge on any atom is 0.338 e. The fraction of sp³-hybridized carbons (Fsp3) is 0.250. The van der Waals surface area contributed by atoms with E-state index in [1.165, 1.54) is 31.4 Å². The van der Waals surface area contributed by atoms with Crippen LogP contribution in [0.2, 0.25) is 0 Å². The van der Waals surface area contributed by atoms with Crippen LogP contribution in [0, 0.1) is 0 Å². The lowest BCUT2D eigenvalue weighted by molar-refractivity contribution is -0.124. The predicted molar refractivity (Wildman–Crippen MR) is 97.6 cm³/mol. The van der Waals surface area contributed by atoms with E-state index in [-0.39, 0.29) is 17.2 Å². The Bertz CT molecular complexity index is 815. The summed E-state index contributed by atoms with van der Waals surface area (Å²) in [5.41, 5.74) is 1.28. The van der Waals surface area contributed by atoms with Crippen LogP contribution in [-0.2, 0) is 14.3 Å². The Kier molecular flexibility index (Phi) is 6.93. The van der Waals surface area contributed by atoms with Crippen LogP contribution in [0.5, 0.6) is 5.75 Å². The molecule has 0 heterocycles. The molecule has 2 aromatic carbocycles. The lowest BCUT2D eigenvalue weighted by atomic mass is 10.1. The summed E-state index contributed by atoms with van der Waals surface area (Å²) in [6.07, 6.45) is 0. The van der Waals surface area contributed by atoms with Crippen LogP contribution in [-0.4, -0.2) is 38.7 Å². The van der Waals surface area contributed by atoms with Crippen molar-refractivity contribution >= 4 is 17.8 Å². The van der Waals surface area contributed by atoms with Crippen LogP contribution in [0.15, 0.2) is 48.5 Å². The fourth-order valence-corrected chi connectivity index (χ4v) is 2.36. The summed E-state index contributed by atoms with van der Waals surface area (Å²) in [4.78, 5) is 35.6. The summed E-state index contributed by atoms with van der Waals surface area (Å²) in [5, 5.41) is 2.75. The molecule has 0 unspecified atom stereocenters. The molecule has 7 heteroatoms. The smallest absolute Gasteiger partial charge is 0.338 e. The van der Waals surface area contributed by atoms with Crippen LogP contribution in [0.4, 0.5) is 0 Å². The molecule has 0 aliphatic rings. The SMILES string of the molecule is COC(=O)c1cccc(C(=O)OCC(=O)N[C@@H](C)c2ccc(OC)cc2)c1. The van der Waals surface area contributed by atoms with Gasteiger partial charge >= 0.3 is 11.9 Å². The monoisotopic (exact) mass is 371 g/mol. The minimum atomic E-state index is -0.701. The van der Waals surface area contributed by atoms with E-state index in [9.17, 15) is 14.4 Å². The van der Waals surface area contributed by atoms with Crippen molar-refractivity contribution in [2.24, 2.45) is 0 Å². The quantitative estimate of drug-likeness (QED) is 0.752. The minimum absolute atomic E-state index is 0.161. The number of carbonyl (C=O) groups excluding carboxylic acids is 3. The molecule has 0 saturated carbocycles. The number of methoxy groups -OCH3 is 2. The van der Waals surface area contributed by atoms with Gasteiger partial charge in [-0.15, -0.1) is 0 Å². The highest BCUT2D eigenvalue weighted by Crippen LogP contribution is 2.17. The second-order valence-corrected chi connectivity index (χ2v) is 5.71. The van der Waals surface area contributed by atoms with E-state index < -0.39 is 24.5 Å². The fourth-order valence-electron chi connectivity index (χ4n) is 2.36. The molecule has 0 saturated heterocycles. The lowest BCUT2D eigenvalue weighted by Gasteiger charge is -2.15. The van der Waals surface area contributed by atoms with Crippen molar-refractivity contribution in [3.05, 3.63) is 65.2 Å². The maximum absolute atomic E-state index is 12.1. The molecule has 7 nitrogen and oxygen atoms in total. The third-order valence-corrected chi connectivity index (χ3v) is 3.85. The van der Waals surface area contributed by atoms with Crippen molar-refractivity contribution < 1.29 is 28.6 Å². The first-order valence-electron chi connectivity index (χ1n) is 8.23. The first kappa shape index (κ1) is 20.0. The number of esters is 2. The third-order valence-electron chi connectivity index (χ3n) is 3.85. The summed E-state index contributed by atoms with van der Waals surface area (Å²) < 4.78 is 14.7. The van der Waals surface area contributed by atoms with Gasteiger partial charge in [-0.3, -0.25) is 4.79 Å². The Labute approximate surface area is 157 Å². The molecule has 0 aliphatic heterocycles. The molecule has 1 amide bonds. The molecule has 0 aromatic heterocycles. The number of ether oxygens (including phenoxy) is 3. The molecule has 0 bridgehead atoms. The van der Waals surface area contributed by atoms with E-state index in [4.69, 9.17) is 9.47 Å². The van der Waals surface area contributed by atoms with Gasteiger partial charge in [0.1, 0.15) is 5.75 Å². The Morgan fingerprint density at radius 2 is 1.59 bits per heavy atom. The summed E-state index contributed by atoms with van der Waals surface area (Å²) in [7, 11) is 2.83. The van der Waals surface area contributed by atoms with Crippen LogP contribution >= 0.6 is 0 Å². The van der Waals surface area contributed by atoms with E-state index in [0.29, 0.717) is 0 Å². The molecule has 27 heavy (non-hydrogen) atoms. The highest BCUT2D eigenvalue weighted by Gasteiger charge is 2.15. The largest absolute Gasteiger partial charge is 0.497 e. The van der Waals surface area contributed by atoms with Crippen molar-refractivity contribution in [1.82, 2.24) is 5.32 Å². The molecule has 0 radical (unpaired) electrons. The zero-order valence-electron chi connectivity index (χ0n) is 15.4. The Hall–Kier alpha value is -3.35. The highest BCUT2D eigenvalue weighted by atomic mass is 16.5. The van der Waals surface area contributed by atoms with Crippen LogP contribution < -0.4 is 10.1 Å². The van der Waals surface area contributed by atoms with E-state index in [2.05, 4.69) is 10.1 Å². The van der Waals surface area contributed by atoms with Gasteiger partial charge in [0.2, 0.25) is 0 Å². The van der Waals surface area contributed by atoms with Gasteiger partial charge in [-0.2, -0.15) is 0 Å². The standard InChI is InChI=1S/C20H21NO6/c1-13(14-7-9-17(25-2)10-8-14)21-18(22)12-27-20(24)16-6-4-5-15(11-16)19(23)26-3/h4-11,13H,12H2,1-3H3,(H,21,22)/t13-/m0/s1. The maximum atomic E-state index is 12.1. The van der Waals surface area contributed by atoms with Gasteiger partial charge in [0.25, 0.3) is 5.91 Å². The van der Waals surface area contributed by atoms with Gasteiger partial charge in [-0.25, -0.2) is 9.59 Å². The number of amides is 1. The molecular weight excluding hydrogens is 350 g/mol. The first-order chi connectivity index (χ1) is 12.9. The highest BCUT2D eigenvalue weighted by molar-refractivity contribution is 5.96. The summed E-state index contributed by atoms with van der Waals surface area (Å²) >= 11 is 0. The third kappa shape index (κ3) is 5.57. The van der Waals surface area contributed by atoms with Gasteiger partial charge in [-0.1, -0.05) is 18.2 Å². The number of carbonyl (C=O) groups is 3. The Morgan fingerprint density at radius 1 is 0.963 bits per heavy atom. The van der Waals surface area contributed by atoms with Gasteiger partial charge < -0.3 is 19.5 Å². The van der Waals surface area contributed by atoms with Crippen LogP contribution in [0.1, 0.15) is 39.2 Å². The molecule has 0 aliphatic carbocycles. The Morgan fingerprint density at radius 3 is 2.19 bits per heavy atom. The normalized spacial score (nSPS) is 11.2. The number of rotatable bonds is 7. The lowest BCUT2D eigenvalue weighted by Crippen LogP contribution is -2.31. The van der Waals surface area contributed by atoms with E-state index in [1.807, 2.05) is 19.1 Å². The second-order valence-electron chi connectivity index (χ2n) is 5.71. The summed E-state index contributed by atoms with van der Waals surface area (Å²) in [6, 6.07) is 12.9.